The summed E-state index contributed by atoms with van der Waals surface area (Å²) in [5.41, 5.74) is 1.36. The van der Waals surface area contributed by atoms with E-state index in [0.717, 1.165) is 30.4 Å². The summed E-state index contributed by atoms with van der Waals surface area (Å²) in [5, 5.41) is 4.18. The third-order valence-electron chi connectivity index (χ3n) is 3.73. The van der Waals surface area contributed by atoms with Crippen LogP contribution in [0.15, 0.2) is 18.3 Å². The highest BCUT2D eigenvalue weighted by Gasteiger charge is 2.28. The first-order chi connectivity index (χ1) is 8.11. The normalized spacial score (nSPS) is 20.4. The molecule has 1 aromatic heterocycles. The summed E-state index contributed by atoms with van der Waals surface area (Å²) < 4.78 is 0. The number of likely N-dealkylation sites (tertiary alicyclic amines) is 1. The number of rotatable bonds is 3. The van der Waals surface area contributed by atoms with Crippen LogP contribution in [-0.4, -0.2) is 35.6 Å². The van der Waals surface area contributed by atoms with Gasteiger partial charge in [0.1, 0.15) is 0 Å². The molecular formula is C13H20ClN3. The summed E-state index contributed by atoms with van der Waals surface area (Å²) in [6.45, 7) is 5.43. The van der Waals surface area contributed by atoms with Crippen LogP contribution in [0.1, 0.15) is 25.5 Å². The Morgan fingerprint density at radius 1 is 1.47 bits per heavy atom. The van der Waals surface area contributed by atoms with Gasteiger partial charge in [-0.05, 0) is 38.9 Å². The van der Waals surface area contributed by atoms with Crippen molar-refractivity contribution < 1.29 is 0 Å². The van der Waals surface area contributed by atoms with Crippen molar-refractivity contribution in [2.24, 2.45) is 0 Å². The number of hydrogen-bond acceptors (Lipinski definition) is 3. The van der Waals surface area contributed by atoms with Gasteiger partial charge < -0.3 is 5.32 Å². The number of nitrogens with zero attached hydrogens (tertiary/aromatic N) is 2. The van der Waals surface area contributed by atoms with Gasteiger partial charge in [-0.3, -0.25) is 9.88 Å². The minimum atomic E-state index is 0.304. The average molecular weight is 254 g/mol. The van der Waals surface area contributed by atoms with E-state index >= 15 is 0 Å². The standard InChI is InChI=1S/C13H20ClN3/c1-13(15-2)4-7-17(8-5-13)10-12-9-11(14)3-6-16-12/h3,6,9,15H,4-5,7-8,10H2,1-2H3. The molecule has 2 rings (SSSR count). The van der Waals surface area contributed by atoms with E-state index < -0.39 is 0 Å². The Morgan fingerprint density at radius 3 is 2.76 bits per heavy atom. The summed E-state index contributed by atoms with van der Waals surface area (Å²) in [5.74, 6) is 0. The molecule has 0 spiro atoms. The fraction of sp³-hybridized carbons (Fsp3) is 0.615. The number of halogens is 1. The molecule has 0 bridgehead atoms. The summed E-state index contributed by atoms with van der Waals surface area (Å²) in [4.78, 5) is 6.79. The molecule has 17 heavy (non-hydrogen) atoms. The molecule has 94 valence electrons. The lowest BCUT2D eigenvalue weighted by Crippen LogP contribution is -2.49. The number of hydrogen-bond donors (Lipinski definition) is 1. The molecule has 1 saturated heterocycles. The van der Waals surface area contributed by atoms with Crippen LogP contribution in [0.4, 0.5) is 0 Å². The Morgan fingerprint density at radius 2 is 2.18 bits per heavy atom. The van der Waals surface area contributed by atoms with Crippen LogP contribution in [-0.2, 0) is 6.54 Å². The fourth-order valence-corrected chi connectivity index (χ4v) is 2.40. The van der Waals surface area contributed by atoms with E-state index in [1.165, 1.54) is 12.8 Å². The van der Waals surface area contributed by atoms with Crippen molar-refractivity contribution >= 4 is 11.6 Å². The monoisotopic (exact) mass is 253 g/mol. The second-order valence-corrected chi connectivity index (χ2v) is 5.49. The van der Waals surface area contributed by atoms with E-state index in [9.17, 15) is 0 Å². The Hall–Kier alpha value is -0.640. The predicted octanol–water partition coefficient (Wildman–Crippen LogP) is 2.31. The summed E-state index contributed by atoms with van der Waals surface area (Å²) in [6.07, 6.45) is 4.15. The van der Waals surface area contributed by atoms with Crippen molar-refractivity contribution in [3.8, 4) is 0 Å². The van der Waals surface area contributed by atoms with Gasteiger partial charge in [-0.1, -0.05) is 11.6 Å². The lowest BCUT2D eigenvalue weighted by Gasteiger charge is -2.39. The fourth-order valence-electron chi connectivity index (χ4n) is 2.22. The van der Waals surface area contributed by atoms with E-state index in [-0.39, 0.29) is 0 Å². The first kappa shape index (κ1) is 12.8. The summed E-state index contributed by atoms with van der Waals surface area (Å²) in [6, 6.07) is 3.77. The minimum absolute atomic E-state index is 0.304. The third-order valence-corrected chi connectivity index (χ3v) is 3.96. The van der Waals surface area contributed by atoms with Crippen LogP contribution in [0.25, 0.3) is 0 Å². The van der Waals surface area contributed by atoms with Gasteiger partial charge in [-0.15, -0.1) is 0 Å². The zero-order valence-corrected chi connectivity index (χ0v) is 11.3. The maximum Gasteiger partial charge on any atom is 0.0558 e. The van der Waals surface area contributed by atoms with Gasteiger partial charge in [0.05, 0.1) is 5.69 Å². The van der Waals surface area contributed by atoms with Gasteiger partial charge in [0.15, 0.2) is 0 Å². The Labute approximate surface area is 108 Å². The van der Waals surface area contributed by atoms with E-state index in [2.05, 4.69) is 22.1 Å². The predicted molar refractivity (Wildman–Crippen MR) is 71.2 cm³/mol. The third kappa shape index (κ3) is 3.41. The smallest absolute Gasteiger partial charge is 0.0558 e. The SMILES string of the molecule is CNC1(C)CCN(Cc2cc(Cl)ccn2)CC1. The van der Waals surface area contributed by atoms with E-state index in [1.807, 2.05) is 19.2 Å². The number of piperidine rings is 1. The van der Waals surface area contributed by atoms with E-state index in [1.54, 1.807) is 6.20 Å². The second-order valence-electron chi connectivity index (χ2n) is 5.05. The highest BCUT2D eigenvalue weighted by molar-refractivity contribution is 6.30. The number of aromatic nitrogens is 1. The van der Waals surface area contributed by atoms with Crippen LogP contribution < -0.4 is 5.32 Å². The molecule has 1 aromatic rings. The molecule has 0 radical (unpaired) electrons. The van der Waals surface area contributed by atoms with Gasteiger partial charge in [0.2, 0.25) is 0 Å². The quantitative estimate of drug-likeness (QED) is 0.896. The van der Waals surface area contributed by atoms with Crippen molar-refractivity contribution in [3.05, 3.63) is 29.0 Å². The lowest BCUT2D eigenvalue weighted by atomic mass is 9.90. The number of nitrogens with one attached hydrogen (secondary N) is 1. The molecule has 2 heterocycles. The van der Waals surface area contributed by atoms with Gasteiger partial charge in [-0.25, -0.2) is 0 Å². The molecule has 1 N–H and O–H groups in total. The zero-order valence-electron chi connectivity index (χ0n) is 10.5. The molecule has 0 aromatic carbocycles. The first-order valence-corrected chi connectivity index (χ1v) is 6.51. The molecular weight excluding hydrogens is 234 g/mol. The first-order valence-electron chi connectivity index (χ1n) is 6.13. The Kier molecular flexibility index (Phi) is 4.02. The van der Waals surface area contributed by atoms with Gasteiger partial charge in [0.25, 0.3) is 0 Å². The average Bonchev–Trinajstić information content (AvgIpc) is 2.33. The van der Waals surface area contributed by atoms with Crippen molar-refractivity contribution in [3.63, 3.8) is 0 Å². The van der Waals surface area contributed by atoms with Crippen LogP contribution in [0.2, 0.25) is 5.02 Å². The maximum atomic E-state index is 5.96. The van der Waals surface area contributed by atoms with Crippen molar-refractivity contribution in [1.29, 1.82) is 0 Å². The highest BCUT2D eigenvalue weighted by Crippen LogP contribution is 2.22. The van der Waals surface area contributed by atoms with Crippen LogP contribution in [0.3, 0.4) is 0 Å². The van der Waals surface area contributed by atoms with Gasteiger partial charge >= 0.3 is 0 Å². The molecule has 1 aliphatic heterocycles. The van der Waals surface area contributed by atoms with E-state index in [0.29, 0.717) is 5.54 Å². The molecule has 1 aliphatic rings. The molecule has 0 aliphatic carbocycles. The Balaban J connectivity index is 1.90. The maximum absolute atomic E-state index is 5.96. The Bertz CT molecular complexity index is 373. The molecule has 1 fully saturated rings. The lowest BCUT2D eigenvalue weighted by molar-refractivity contribution is 0.145. The molecule has 0 amide bonds. The van der Waals surface area contributed by atoms with Crippen molar-refractivity contribution in [2.75, 3.05) is 20.1 Å². The summed E-state index contributed by atoms with van der Waals surface area (Å²) >= 11 is 5.96. The van der Waals surface area contributed by atoms with Gasteiger partial charge in [0, 0.05) is 36.4 Å². The molecule has 0 unspecified atom stereocenters. The minimum Gasteiger partial charge on any atom is -0.314 e. The molecule has 3 nitrogen and oxygen atoms in total. The van der Waals surface area contributed by atoms with Crippen LogP contribution >= 0.6 is 11.6 Å². The topological polar surface area (TPSA) is 28.2 Å². The van der Waals surface area contributed by atoms with Gasteiger partial charge in [-0.2, -0.15) is 0 Å². The van der Waals surface area contributed by atoms with Crippen molar-refractivity contribution in [2.45, 2.75) is 31.8 Å². The van der Waals surface area contributed by atoms with Crippen LogP contribution in [0.5, 0.6) is 0 Å². The highest BCUT2D eigenvalue weighted by atomic mass is 35.5. The largest absolute Gasteiger partial charge is 0.314 e. The van der Waals surface area contributed by atoms with Crippen molar-refractivity contribution in [1.82, 2.24) is 15.2 Å². The van der Waals surface area contributed by atoms with Crippen LogP contribution in [0, 0.1) is 0 Å². The molecule has 4 heteroatoms. The molecule has 0 atom stereocenters. The molecule has 0 saturated carbocycles. The summed E-state index contributed by atoms with van der Waals surface area (Å²) in [7, 11) is 2.05. The van der Waals surface area contributed by atoms with E-state index in [4.69, 9.17) is 11.6 Å². The second kappa shape index (κ2) is 5.34. The zero-order chi connectivity index (χ0) is 12.3. The number of pyridine rings is 1.